The van der Waals surface area contributed by atoms with Gasteiger partial charge in [-0.1, -0.05) is 0 Å². The van der Waals surface area contributed by atoms with Crippen LogP contribution in [0.15, 0.2) is 18.2 Å². The normalized spacial score (nSPS) is 19.1. The summed E-state index contributed by atoms with van der Waals surface area (Å²) in [5, 5.41) is 0. The van der Waals surface area contributed by atoms with Gasteiger partial charge in [-0.2, -0.15) is 0 Å². The fourth-order valence-electron chi connectivity index (χ4n) is 1.11. The van der Waals surface area contributed by atoms with Crippen molar-refractivity contribution in [2.45, 2.75) is 6.10 Å². The number of hydrogen-bond donors (Lipinski definition) is 0. The van der Waals surface area contributed by atoms with E-state index in [4.69, 9.17) is 14.2 Å². The van der Waals surface area contributed by atoms with E-state index in [2.05, 4.69) is 0 Å². The molecular weight excluding hydrogens is 187 g/mol. The smallest absolute Gasteiger partial charge is 0.163 e. The molecular formula is C10H11FO3. The van der Waals surface area contributed by atoms with Crippen LogP contribution >= 0.6 is 0 Å². The number of benzene rings is 1. The monoisotopic (exact) mass is 198 g/mol. The van der Waals surface area contributed by atoms with E-state index in [-0.39, 0.29) is 11.9 Å². The summed E-state index contributed by atoms with van der Waals surface area (Å²) < 4.78 is 28.1. The van der Waals surface area contributed by atoms with Crippen LogP contribution in [0, 0.1) is 5.82 Å². The van der Waals surface area contributed by atoms with Crippen molar-refractivity contribution in [1.82, 2.24) is 0 Å². The van der Waals surface area contributed by atoms with Crippen LogP contribution in [0.25, 0.3) is 0 Å². The standard InChI is InChI=1S/C10H11FO3/c1-12-10-4-7(11)2-3-9(10)14-6-8-5-13-8/h2-4,8H,5-6H2,1H3. The third-order valence-corrected chi connectivity index (χ3v) is 1.95. The predicted octanol–water partition coefficient (Wildman–Crippen LogP) is 1.61. The maximum atomic E-state index is 12.8. The summed E-state index contributed by atoms with van der Waals surface area (Å²) in [7, 11) is 1.48. The molecule has 1 atom stereocenters. The molecule has 76 valence electrons. The molecule has 2 rings (SSSR count). The van der Waals surface area contributed by atoms with Crippen LogP contribution in [-0.2, 0) is 4.74 Å². The zero-order valence-corrected chi connectivity index (χ0v) is 7.83. The average Bonchev–Trinajstić information content (AvgIpc) is 2.99. The zero-order chi connectivity index (χ0) is 9.97. The van der Waals surface area contributed by atoms with Gasteiger partial charge in [-0.25, -0.2) is 4.39 Å². The number of ether oxygens (including phenoxy) is 3. The van der Waals surface area contributed by atoms with E-state index < -0.39 is 0 Å². The van der Waals surface area contributed by atoms with Crippen LogP contribution in [0.3, 0.4) is 0 Å². The van der Waals surface area contributed by atoms with Gasteiger partial charge < -0.3 is 14.2 Å². The van der Waals surface area contributed by atoms with E-state index in [0.29, 0.717) is 18.1 Å². The van der Waals surface area contributed by atoms with Crippen molar-refractivity contribution in [2.75, 3.05) is 20.3 Å². The molecule has 0 bridgehead atoms. The molecule has 0 aliphatic carbocycles. The van der Waals surface area contributed by atoms with Gasteiger partial charge in [0.25, 0.3) is 0 Å². The van der Waals surface area contributed by atoms with Crippen LogP contribution in [0.5, 0.6) is 11.5 Å². The minimum Gasteiger partial charge on any atom is -0.493 e. The van der Waals surface area contributed by atoms with E-state index in [0.717, 1.165) is 6.61 Å². The first kappa shape index (κ1) is 9.27. The lowest BCUT2D eigenvalue weighted by atomic mass is 10.3. The van der Waals surface area contributed by atoms with Crippen LogP contribution < -0.4 is 9.47 Å². The molecule has 1 aliphatic rings. The minimum atomic E-state index is -0.336. The largest absolute Gasteiger partial charge is 0.493 e. The molecule has 0 N–H and O–H groups in total. The first-order valence-corrected chi connectivity index (χ1v) is 4.37. The summed E-state index contributed by atoms with van der Waals surface area (Å²) in [4.78, 5) is 0. The molecule has 1 saturated heterocycles. The summed E-state index contributed by atoms with van der Waals surface area (Å²) in [5.41, 5.74) is 0. The highest BCUT2D eigenvalue weighted by Gasteiger charge is 2.23. The Morgan fingerprint density at radius 2 is 2.29 bits per heavy atom. The van der Waals surface area contributed by atoms with Crippen LogP contribution in [0.4, 0.5) is 4.39 Å². The van der Waals surface area contributed by atoms with Gasteiger partial charge in [0.15, 0.2) is 11.5 Å². The van der Waals surface area contributed by atoms with Crippen molar-refractivity contribution in [1.29, 1.82) is 0 Å². The number of hydrogen-bond acceptors (Lipinski definition) is 3. The fourth-order valence-corrected chi connectivity index (χ4v) is 1.11. The Morgan fingerprint density at radius 3 is 2.93 bits per heavy atom. The molecule has 0 radical (unpaired) electrons. The van der Waals surface area contributed by atoms with E-state index >= 15 is 0 Å². The fraction of sp³-hybridized carbons (Fsp3) is 0.400. The number of rotatable bonds is 4. The first-order chi connectivity index (χ1) is 6.79. The van der Waals surface area contributed by atoms with Crippen molar-refractivity contribution >= 4 is 0 Å². The Hall–Kier alpha value is -1.29. The summed E-state index contributed by atoms with van der Waals surface area (Å²) in [6.07, 6.45) is 0.185. The second-order valence-electron chi connectivity index (χ2n) is 3.06. The topological polar surface area (TPSA) is 31.0 Å². The molecule has 1 aromatic rings. The molecule has 1 fully saturated rings. The molecule has 4 heteroatoms. The molecule has 1 aromatic carbocycles. The Morgan fingerprint density at radius 1 is 1.50 bits per heavy atom. The van der Waals surface area contributed by atoms with E-state index in [1.165, 1.54) is 19.2 Å². The summed E-state index contributed by atoms with van der Waals surface area (Å²) in [6, 6.07) is 4.19. The van der Waals surface area contributed by atoms with Crippen molar-refractivity contribution in [3.8, 4) is 11.5 Å². The second-order valence-corrected chi connectivity index (χ2v) is 3.06. The highest BCUT2D eigenvalue weighted by atomic mass is 19.1. The average molecular weight is 198 g/mol. The van der Waals surface area contributed by atoms with Gasteiger partial charge in [0.2, 0.25) is 0 Å². The molecule has 0 amide bonds. The highest BCUT2D eigenvalue weighted by molar-refractivity contribution is 5.39. The second kappa shape index (κ2) is 3.84. The molecule has 1 heterocycles. The maximum absolute atomic E-state index is 12.8. The van der Waals surface area contributed by atoms with E-state index in [9.17, 15) is 4.39 Å². The lowest BCUT2D eigenvalue weighted by Crippen LogP contribution is -2.05. The lowest BCUT2D eigenvalue weighted by molar-refractivity contribution is 0.251. The van der Waals surface area contributed by atoms with Crippen LogP contribution in [0.1, 0.15) is 0 Å². The van der Waals surface area contributed by atoms with Gasteiger partial charge in [-0.15, -0.1) is 0 Å². The van der Waals surface area contributed by atoms with Gasteiger partial charge in [-0.05, 0) is 12.1 Å². The number of epoxide rings is 1. The number of methoxy groups -OCH3 is 1. The van der Waals surface area contributed by atoms with Crippen molar-refractivity contribution in [3.05, 3.63) is 24.0 Å². The minimum absolute atomic E-state index is 0.185. The zero-order valence-electron chi connectivity index (χ0n) is 7.83. The van der Waals surface area contributed by atoms with Crippen LogP contribution in [0.2, 0.25) is 0 Å². The molecule has 0 spiro atoms. The van der Waals surface area contributed by atoms with Gasteiger partial charge in [0, 0.05) is 6.07 Å². The third-order valence-electron chi connectivity index (χ3n) is 1.95. The molecule has 14 heavy (non-hydrogen) atoms. The van der Waals surface area contributed by atoms with E-state index in [1.807, 2.05) is 0 Å². The lowest BCUT2D eigenvalue weighted by Gasteiger charge is -2.09. The van der Waals surface area contributed by atoms with E-state index in [1.54, 1.807) is 6.07 Å². The predicted molar refractivity (Wildman–Crippen MR) is 48.2 cm³/mol. The first-order valence-electron chi connectivity index (χ1n) is 4.37. The molecule has 0 aromatic heterocycles. The third kappa shape index (κ3) is 2.14. The Balaban J connectivity index is 2.05. The van der Waals surface area contributed by atoms with Crippen molar-refractivity contribution < 1.29 is 18.6 Å². The summed E-state index contributed by atoms with van der Waals surface area (Å²) >= 11 is 0. The molecule has 0 saturated carbocycles. The quantitative estimate of drug-likeness (QED) is 0.689. The number of halogens is 1. The van der Waals surface area contributed by atoms with Gasteiger partial charge in [0.05, 0.1) is 13.7 Å². The molecule has 1 unspecified atom stereocenters. The molecule has 3 nitrogen and oxygen atoms in total. The summed E-state index contributed by atoms with van der Waals surface area (Å²) in [5.74, 6) is 0.618. The van der Waals surface area contributed by atoms with Gasteiger partial charge in [-0.3, -0.25) is 0 Å². The Bertz CT molecular complexity index is 323. The molecule has 1 aliphatic heterocycles. The maximum Gasteiger partial charge on any atom is 0.163 e. The van der Waals surface area contributed by atoms with Crippen molar-refractivity contribution in [3.63, 3.8) is 0 Å². The van der Waals surface area contributed by atoms with Crippen LogP contribution in [-0.4, -0.2) is 26.4 Å². The van der Waals surface area contributed by atoms with Gasteiger partial charge >= 0.3 is 0 Å². The van der Waals surface area contributed by atoms with Gasteiger partial charge in [0.1, 0.15) is 18.5 Å². The Labute approximate surface area is 81.4 Å². The SMILES string of the molecule is COc1cc(F)ccc1OCC1CO1. The highest BCUT2D eigenvalue weighted by Crippen LogP contribution is 2.28. The summed E-state index contributed by atoms with van der Waals surface area (Å²) in [6.45, 7) is 1.23. The Kier molecular flexibility index (Phi) is 2.54. The van der Waals surface area contributed by atoms with Crippen molar-refractivity contribution in [2.24, 2.45) is 0 Å².